The molecule has 3 atom stereocenters. The number of amides is 2. The minimum Gasteiger partial charge on any atom is -0.508 e. The third-order valence-electron chi connectivity index (χ3n) is 15.0. The van der Waals surface area contributed by atoms with Gasteiger partial charge in [-0.25, -0.2) is 19.2 Å². The molecule has 490 valence electrons. The second-order valence-electron chi connectivity index (χ2n) is 22.8. The molecule has 5 aromatic rings. The molecule has 21 nitrogen and oxygen atoms in total. The van der Waals surface area contributed by atoms with Gasteiger partial charge in [0.1, 0.15) is 54.8 Å². The average molecular weight is 1310 g/mol. The van der Waals surface area contributed by atoms with Gasteiger partial charge in [0.2, 0.25) is 0 Å². The number of nitrogens with one attached hydrogen (secondary N) is 2. The number of fused-ring (bicyclic) bond motifs is 3. The van der Waals surface area contributed by atoms with Crippen LogP contribution in [0, 0.1) is 5.92 Å². The molecule has 4 N–H and O–H groups in total. The smallest absolute Gasteiger partial charge is 0.408 e. The molecule has 9 rings (SSSR count). The lowest BCUT2D eigenvalue weighted by atomic mass is 9.98. The van der Waals surface area contributed by atoms with Crippen LogP contribution < -0.4 is 20.1 Å². The Kier molecular flexibility index (Phi) is 30.6. The summed E-state index contributed by atoms with van der Waals surface area (Å²) in [6.07, 6.45) is -0.348. The lowest BCUT2D eigenvalue weighted by Gasteiger charge is -2.26. The van der Waals surface area contributed by atoms with Crippen molar-refractivity contribution in [3.63, 3.8) is 0 Å². The molecule has 0 aromatic heterocycles. The van der Waals surface area contributed by atoms with E-state index in [2.05, 4.69) is 58.1 Å². The third kappa shape index (κ3) is 25.5. The number of carboxylic acids is 1. The van der Waals surface area contributed by atoms with Crippen molar-refractivity contribution in [3.8, 4) is 28.4 Å². The lowest BCUT2D eigenvalue weighted by molar-refractivity contribution is -0.145. The van der Waals surface area contributed by atoms with Crippen molar-refractivity contribution in [2.45, 2.75) is 70.6 Å². The highest BCUT2D eigenvalue weighted by molar-refractivity contribution is 9.09. The van der Waals surface area contributed by atoms with E-state index < -0.39 is 41.8 Å². The number of alkyl halides is 1. The van der Waals surface area contributed by atoms with Crippen LogP contribution in [0.3, 0.4) is 0 Å². The topological polar surface area (TPSA) is 243 Å². The number of ether oxygens (including phenoxy) is 9. The second-order valence-corrected chi connectivity index (χ2v) is 23.6. The van der Waals surface area contributed by atoms with Crippen molar-refractivity contribution in [3.05, 3.63) is 149 Å². The van der Waals surface area contributed by atoms with Crippen LogP contribution in [0.25, 0.3) is 11.1 Å². The number of nitrogens with zero attached hydrogens (tertiary/aromatic N) is 3. The van der Waals surface area contributed by atoms with Gasteiger partial charge in [0.15, 0.2) is 0 Å². The van der Waals surface area contributed by atoms with E-state index in [1.807, 2.05) is 91.9 Å². The van der Waals surface area contributed by atoms with Gasteiger partial charge in [0.25, 0.3) is 0 Å². The molecule has 0 saturated carbocycles. The Balaban J connectivity index is 0.000000216. The summed E-state index contributed by atoms with van der Waals surface area (Å²) in [5, 5.41) is 24.9. The van der Waals surface area contributed by atoms with E-state index in [0.29, 0.717) is 26.1 Å². The van der Waals surface area contributed by atoms with E-state index >= 15 is 0 Å². The number of alkyl carbamates (subject to hydrolysis) is 2. The maximum Gasteiger partial charge on any atom is 0.408 e. The fourth-order valence-corrected chi connectivity index (χ4v) is 10.6. The van der Waals surface area contributed by atoms with E-state index in [-0.39, 0.29) is 36.6 Å². The van der Waals surface area contributed by atoms with Gasteiger partial charge in [-0.1, -0.05) is 108 Å². The number of halogens is 1. The first-order valence-electron chi connectivity index (χ1n) is 30.6. The Morgan fingerprint density at radius 1 is 0.567 bits per heavy atom. The fraction of sp³-hybridized carbons (Fsp3) is 0.485. The molecular weight excluding hydrogens is 1220 g/mol. The molecule has 3 aliphatic heterocycles. The molecule has 3 fully saturated rings. The minimum absolute atomic E-state index is 0.0905. The van der Waals surface area contributed by atoms with Crippen molar-refractivity contribution in [2.24, 2.45) is 5.92 Å². The van der Waals surface area contributed by atoms with Gasteiger partial charge in [-0.15, -0.1) is 0 Å². The number of hydrogen-bond donors (Lipinski definition) is 4. The van der Waals surface area contributed by atoms with Crippen LogP contribution in [0.5, 0.6) is 17.2 Å². The van der Waals surface area contributed by atoms with E-state index in [0.717, 1.165) is 154 Å². The normalized spacial score (nSPS) is 15.9. The zero-order chi connectivity index (χ0) is 64.7. The summed E-state index contributed by atoms with van der Waals surface area (Å²) >= 11 is 3.40. The maximum absolute atomic E-state index is 12.6. The predicted octanol–water partition coefficient (Wildman–Crippen LogP) is 8.40. The number of esters is 2. The van der Waals surface area contributed by atoms with Crippen molar-refractivity contribution in [1.29, 1.82) is 0 Å². The van der Waals surface area contributed by atoms with Crippen LogP contribution in [-0.4, -0.2) is 211 Å². The Bertz CT molecular complexity index is 2900. The van der Waals surface area contributed by atoms with E-state index in [1.54, 1.807) is 45.0 Å². The number of aliphatic carboxylic acids is 1. The van der Waals surface area contributed by atoms with Crippen molar-refractivity contribution >= 4 is 46.0 Å². The molecule has 0 bridgehead atoms. The number of morpholine rings is 3. The number of phenolic OH excluding ortho intramolecular Hbond substituents is 1. The number of hydrogen-bond acceptors (Lipinski definition) is 18. The summed E-state index contributed by atoms with van der Waals surface area (Å²) in [7, 11) is 2.67. The zero-order valence-corrected chi connectivity index (χ0v) is 54.3. The summed E-state index contributed by atoms with van der Waals surface area (Å²) in [5.74, 6) is -0.379. The molecule has 0 spiro atoms. The molecule has 0 radical (unpaired) electrons. The second kappa shape index (κ2) is 38.4. The van der Waals surface area contributed by atoms with Crippen LogP contribution in [0.4, 0.5) is 9.59 Å². The standard InChI is InChI=1S/C30H32N2O6.C21H32N2O6.C11H14O3.C6H12BrNO/c33-29(34)28(19-21-9-11-22(12-10-21)37-18-15-32-13-16-36-17-14-32)31-30(35)38-20-27-25-7-3-1-5-23(25)24-6-2-4-8-26(24)27;1-21(2,3)29-20(25)22-18(19(24)26-4)15-16-5-7-17(8-6-16)28-14-11-23-9-12-27-13-10-23;1-8(11(13)14-2)7-9-3-5-10(12)6-4-9;7-1-2-8-3-5-9-6-4-8/h1-12,27-28H,13-20H2,(H,31,35)(H,33,34);5-8,18H,9-15H2,1-4H3,(H,22,25);3-6,8,12H,7H2,1-2H3;1-6H2/t28-;18-;8-;/m111./s1. The molecular formula is C68H90BrN5O16. The Labute approximate surface area is 537 Å². The summed E-state index contributed by atoms with van der Waals surface area (Å²) in [6.45, 7) is 22.0. The zero-order valence-electron chi connectivity index (χ0n) is 52.7. The first kappa shape index (κ1) is 71.8. The number of phenols is 1. The number of carbonyl (C=O) groups is 5. The van der Waals surface area contributed by atoms with Crippen LogP contribution in [0.15, 0.2) is 121 Å². The monoisotopic (exact) mass is 1310 g/mol. The maximum atomic E-state index is 12.6. The highest BCUT2D eigenvalue weighted by Crippen LogP contribution is 2.44. The molecule has 22 heteroatoms. The molecule has 0 unspecified atom stereocenters. The third-order valence-corrected chi connectivity index (χ3v) is 15.3. The molecule has 3 heterocycles. The van der Waals surface area contributed by atoms with Crippen LogP contribution in [-0.2, 0) is 66.8 Å². The minimum atomic E-state index is -1.12. The average Bonchev–Trinajstić information content (AvgIpc) is 1.74. The number of carboxylic acid groups (broad SMARTS) is 1. The molecule has 1 aliphatic carbocycles. The number of aromatic hydroxyl groups is 1. The number of methoxy groups -OCH3 is 2. The fourth-order valence-electron chi connectivity index (χ4n) is 10.1. The SMILES string of the molecule is BrCCN1CCOCC1.COC(=O)[C@@H](Cc1ccc(OCCN2CCOCC2)cc1)NC(=O)OC(C)(C)C.COC(=O)[C@H](C)Cc1ccc(O)cc1.O=C(N[C@H](Cc1ccc(OCCN2CCOCC2)cc1)C(=O)O)OCC1c2ccccc2-c2ccccc21. The number of benzene rings is 5. The quantitative estimate of drug-likeness (QED) is 0.0272. The first-order chi connectivity index (χ1) is 43.4. The summed E-state index contributed by atoms with van der Waals surface area (Å²) in [5.41, 5.74) is 6.48. The van der Waals surface area contributed by atoms with Gasteiger partial charge in [-0.2, -0.15) is 0 Å². The number of carbonyl (C=O) groups excluding carboxylic acids is 4. The van der Waals surface area contributed by atoms with Gasteiger partial charge in [0, 0.05) is 83.0 Å². The van der Waals surface area contributed by atoms with Crippen LogP contribution >= 0.6 is 15.9 Å². The van der Waals surface area contributed by atoms with E-state index in [4.69, 9.17) is 43.0 Å². The van der Waals surface area contributed by atoms with Crippen molar-refractivity contribution in [1.82, 2.24) is 25.3 Å². The van der Waals surface area contributed by atoms with Gasteiger partial charge < -0.3 is 63.5 Å². The lowest BCUT2D eigenvalue weighted by Crippen LogP contribution is -2.45. The summed E-state index contributed by atoms with van der Waals surface area (Å²) < 4.78 is 47.7. The van der Waals surface area contributed by atoms with Gasteiger partial charge in [-0.3, -0.25) is 19.5 Å². The molecule has 4 aliphatic rings. The summed E-state index contributed by atoms with van der Waals surface area (Å²) in [4.78, 5) is 66.7. The van der Waals surface area contributed by atoms with Crippen molar-refractivity contribution in [2.75, 3.05) is 138 Å². The van der Waals surface area contributed by atoms with Gasteiger partial charge in [-0.05, 0) is 103 Å². The molecule has 2 amide bonds. The number of rotatable bonds is 23. The largest absolute Gasteiger partial charge is 0.508 e. The Morgan fingerprint density at radius 2 is 0.978 bits per heavy atom. The molecule has 90 heavy (non-hydrogen) atoms. The Hall–Kier alpha value is -7.31. The highest BCUT2D eigenvalue weighted by Gasteiger charge is 2.31. The van der Waals surface area contributed by atoms with Gasteiger partial charge >= 0.3 is 30.1 Å². The van der Waals surface area contributed by atoms with Gasteiger partial charge in [0.05, 0.1) is 59.8 Å². The first-order valence-corrected chi connectivity index (χ1v) is 31.7. The highest BCUT2D eigenvalue weighted by atomic mass is 79.9. The summed E-state index contributed by atoms with van der Waals surface area (Å²) in [6, 6.07) is 35.8. The van der Waals surface area contributed by atoms with Crippen LogP contribution in [0.1, 0.15) is 61.4 Å². The van der Waals surface area contributed by atoms with Crippen molar-refractivity contribution < 1.29 is 76.8 Å². The molecule has 3 saturated heterocycles. The van der Waals surface area contributed by atoms with E-state index in [9.17, 15) is 29.1 Å². The van der Waals surface area contributed by atoms with E-state index in [1.165, 1.54) is 14.2 Å². The molecule has 5 aromatic carbocycles. The van der Waals surface area contributed by atoms with Crippen LogP contribution in [0.2, 0.25) is 0 Å². The predicted molar refractivity (Wildman–Crippen MR) is 345 cm³/mol. The Morgan fingerprint density at radius 3 is 1.41 bits per heavy atom.